The van der Waals surface area contributed by atoms with Gasteiger partial charge in [0.15, 0.2) is 0 Å². The highest BCUT2D eigenvalue weighted by Crippen LogP contribution is 2.32. The molecule has 1 amide bonds. The van der Waals surface area contributed by atoms with E-state index in [1.165, 1.54) is 0 Å². The fraction of sp³-hybridized carbons (Fsp3) is 0.579. The van der Waals surface area contributed by atoms with Gasteiger partial charge in [-0.2, -0.15) is 0 Å². The minimum atomic E-state index is -1.10. The number of nitrogens with one attached hydrogen (secondary N) is 1. The van der Waals surface area contributed by atoms with Crippen LogP contribution in [0.4, 0.5) is 0 Å². The first-order valence-corrected chi connectivity index (χ1v) is 8.54. The van der Waals surface area contributed by atoms with Crippen molar-refractivity contribution in [2.24, 2.45) is 11.8 Å². The SMILES string of the molecule is COc1ccc(CC(C)C(=O)NC2(C(=O)O)CCC(C)CC2)cc1. The van der Waals surface area contributed by atoms with Gasteiger partial charge in [0.05, 0.1) is 7.11 Å². The lowest BCUT2D eigenvalue weighted by Gasteiger charge is -2.37. The standard InChI is InChI=1S/C19H27NO4/c1-13-8-10-19(11-9-13,18(22)23)20-17(21)14(2)12-15-4-6-16(24-3)7-5-15/h4-7,13-14H,8-12H2,1-3H3,(H,20,21)(H,22,23). The van der Waals surface area contributed by atoms with E-state index >= 15 is 0 Å². The number of methoxy groups -OCH3 is 1. The molecule has 132 valence electrons. The molecule has 5 heteroatoms. The highest BCUT2D eigenvalue weighted by Gasteiger charge is 2.42. The molecule has 0 heterocycles. The van der Waals surface area contributed by atoms with E-state index in [0.29, 0.717) is 25.2 Å². The molecule has 1 aromatic carbocycles. The third-order valence-corrected chi connectivity index (χ3v) is 5.05. The second-order valence-corrected chi connectivity index (χ2v) is 7.01. The number of hydrogen-bond acceptors (Lipinski definition) is 3. The third kappa shape index (κ3) is 4.28. The normalized spacial score (nSPS) is 24.9. The summed E-state index contributed by atoms with van der Waals surface area (Å²) in [6.45, 7) is 3.96. The third-order valence-electron chi connectivity index (χ3n) is 5.05. The summed E-state index contributed by atoms with van der Waals surface area (Å²) in [5, 5.41) is 12.5. The van der Waals surface area contributed by atoms with Crippen molar-refractivity contribution in [1.29, 1.82) is 0 Å². The average Bonchev–Trinajstić information content (AvgIpc) is 2.57. The van der Waals surface area contributed by atoms with E-state index in [1.54, 1.807) is 7.11 Å². The predicted octanol–water partition coefficient (Wildman–Crippen LogP) is 3.02. The maximum Gasteiger partial charge on any atom is 0.329 e. The molecule has 0 saturated heterocycles. The molecule has 1 aliphatic rings. The van der Waals surface area contributed by atoms with Gasteiger partial charge in [0, 0.05) is 5.92 Å². The number of carboxylic acid groups (broad SMARTS) is 1. The molecule has 1 fully saturated rings. The van der Waals surface area contributed by atoms with Crippen LogP contribution in [0.1, 0.15) is 45.1 Å². The van der Waals surface area contributed by atoms with Gasteiger partial charge in [-0.3, -0.25) is 4.79 Å². The Morgan fingerprint density at radius 1 is 1.29 bits per heavy atom. The fourth-order valence-corrected chi connectivity index (χ4v) is 3.21. The second kappa shape index (κ2) is 7.69. The Bertz CT molecular complexity index is 574. The predicted molar refractivity (Wildman–Crippen MR) is 92.0 cm³/mol. The smallest absolute Gasteiger partial charge is 0.329 e. The van der Waals surface area contributed by atoms with Crippen LogP contribution in [0.3, 0.4) is 0 Å². The van der Waals surface area contributed by atoms with Gasteiger partial charge in [-0.1, -0.05) is 26.0 Å². The van der Waals surface area contributed by atoms with Crippen LogP contribution >= 0.6 is 0 Å². The molecule has 1 atom stereocenters. The highest BCUT2D eigenvalue weighted by atomic mass is 16.5. The van der Waals surface area contributed by atoms with Crippen LogP contribution in [-0.4, -0.2) is 29.6 Å². The molecule has 1 aliphatic carbocycles. The molecular formula is C19H27NO4. The zero-order valence-electron chi connectivity index (χ0n) is 14.7. The van der Waals surface area contributed by atoms with Crippen LogP contribution in [0.25, 0.3) is 0 Å². The first-order chi connectivity index (χ1) is 11.4. The molecule has 0 spiro atoms. The number of benzene rings is 1. The van der Waals surface area contributed by atoms with Crippen molar-refractivity contribution < 1.29 is 19.4 Å². The molecule has 0 bridgehead atoms. The molecular weight excluding hydrogens is 306 g/mol. The summed E-state index contributed by atoms with van der Waals surface area (Å²) in [7, 11) is 1.61. The van der Waals surface area contributed by atoms with Gasteiger partial charge in [-0.15, -0.1) is 0 Å². The van der Waals surface area contributed by atoms with E-state index in [9.17, 15) is 14.7 Å². The van der Waals surface area contributed by atoms with E-state index in [1.807, 2.05) is 31.2 Å². The summed E-state index contributed by atoms with van der Waals surface area (Å²) in [4.78, 5) is 24.3. The molecule has 2 rings (SSSR count). The second-order valence-electron chi connectivity index (χ2n) is 7.01. The van der Waals surface area contributed by atoms with E-state index in [4.69, 9.17) is 4.74 Å². The van der Waals surface area contributed by atoms with Crippen molar-refractivity contribution in [3.8, 4) is 5.75 Å². The Kier molecular flexibility index (Phi) is 5.86. The summed E-state index contributed by atoms with van der Waals surface area (Å²) >= 11 is 0. The van der Waals surface area contributed by atoms with Crippen LogP contribution in [0.5, 0.6) is 5.75 Å². The number of amides is 1. The Hall–Kier alpha value is -2.04. The summed E-state index contributed by atoms with van der Waals surface area (Å²) in [6.07, 6.45) is 3.25. The molecule has 24 heavy (non-hydrogen) atoms. The van der Waals surface area contributed by atoms with Crippen LogP contribution in [0.15, 0.2) is 24.3 Å². The van der Waals surface area contributed by atoms with Gasteiger partial charge < -0.3 is 15.2 Å². The number of hydrogen-bond donors (Lipinski definition) is 2. The quantitative estimate of drug-likeness (QED) is 0.839. The summed E-state index contributed by atoms with van der Waals surface area (Å²) in [5.74, 6) is -0.0979. The molecule has 2 N–H and O–H groups in total. The number of carbonyl (C=O) groups excluding carboxylic acids is 1. The van der Waals surface area contributed by atoms with Crippen LogP contribution in [0, 0.1) is 11.8 Å². The van der Waals surface area contributed by atoms with Crippen LogP contribution in [0.2, 0.25) is 0 Å². The van der Waals surface area contributed by atoms with Crippen molar-refractivity contribution in [2.45, 2.75) is 51.5 Å². The number of rotatable bonds is 6. The summed E-state index contributed by atoms with van der Waals surface area (Å²) in [5.41, 5.74) is -0.0716. The van der Waals surface area contributed by atoms with Gasteiger partial charge >= 0.3 is 5.97 Å². The average molecular weight is 333 g/mol. The Morgan fingerprint density at radius 2 is 1.88 bits per heavy atom. The van der Waals surface area contributed by atoms with Crippen molar-refractivity contribution in [3.05, 3.63) is 29.8 Å². The van der Waals surface area contributed by atoms with Gasteiger partial charge in [0.1, 0.15) is 11.3 Å². The Balaban J connectivity index is 1.99. The summed E-state index contributed by atoms with van der Waals surface area (Å²) in [6, 6.07) is 7.58. The van der Waals surface area contributed by atoms with E-state index < -0.39 is 11.5 Å². The minimum absolute atomic E-state index is 0.192. The monoisotopic (exact) mass is 333 g/mol. The van der Waals surface area contributed by atoms with E-state index in [2.05, 4.69) is 12.2 Å². The van der Waals surface area contributed by atoms with Crippen molar-refractivity contribution >= 4 is 11.9 Å². The summed E-state index contributed by atoms with van der Waals surface area (Å²) < 4.78 is 5.13. The van der Waals surface area contributed by atoms with Gasteiger partial charge in [0.2, 0.25) is 5.91 Å². The Morgan fingerprint density at radius 3 is 2.38 bits per heavy atom. The zero-order chi connectivity index (χ0) is 17.7. The van der Waals surface area contributed by atoms with E-state index in [-0.39, 0.29) is 11.8 Å². The molecule has 0 aromatic heterocycles. The van der Waals surface area contributed by atoms with Crippen LogP contribution < -0.4 is 10.1 Å². The van der Waals surface area contributed by atoms with Crippen molar-refractivity contribution in [3.63, 3.8) is 0 Å². The number of carbonyl (C=O) groups is 2. The van der Waals surface area contributed by atoms with Crippen LogP contribution in [-0.2, 0) is 16.0 Å². The fourth-order valence-electron chi connectivity index (χ4n) is 3.21. The van der Waals surface area contributed by atoms with Crippen molar-refractivity contribution in [2.75, 3.05) is 7.11 Å². The topological polar surface area (TPSA) is 75.6 Å². The maximum absolute atomic E-state index is 12.5. The number of aliphatic carboxylic acids is 1. The lowest BCUT2D eigenvalue weighted by atomic mass is 9.77. The molecule has 5 nitrogen and oxygen atoms in total. The lowest BCUT2D eigenvalue weighted by Crippen LogP contribution is -2.57. The molecule has 0 aliphatic heterocycles. The molecule has 1 saturated carbocycles. The Labute approximate surface area is 143 Å². The first-order valence-electron chi connectivity index (χ1n) is 8.54. The highest BCUT2D eigenvalue weighted by molar-refractivity contribution is 5.88. The molecule has 0 radical (unpaired) electrons. The first kappa shape index (κ1) is 18.3. The largest absolute Gasteiger partial charge is 0.497 e. The molecule has 1 aromatic rings. The zero-order valence-corrected chi connectivity index (χ0v) is 14.7. The number of carboxylic acids is 1. The maximum atomic E-state index is 12.5. The lowest BCUT2D eigenvalue weighted by molar-refractivity contribution is -0.150. The number of ether oxygens (including phenoxy) is 1. The van der Waals surface area contributed by atoms with Crippen molar-refractivity contribution in [1.82, 2.24) is 5.32 Å². The van der Waals surface area contributed by atoms with E-state index in [0.717, 1.165) is 24.2 Å². The minimum Gasteiger partial charge on any atom is -0.497 e. The molecule has 1 unspecified atom stereocenters. The van der Waals surface area contributed by atoms with Gasteiger partial charge in [-0.05, 0) is 55.7 Å². The van der Waals surface area contributed by atoms with Gasteiger partial charge in [0.25, 0.3) is 0 Å². The van der Waals surface area contributed by atoms with Gasteiger partial charge in [-0.25, -0.2) is 4.79 Å².